The van der Waals surface area contributed by atoms with E-state index in [0.29, 0.717) is 10.3 Å². The number of nitrogens with zero attached hydrogens (tertiary/aromatic N) is 1. The lowest BCUT2D eigenvalue weighted by Crippen LogP contribution is -2.32. The van der Waals surface area contributed by atoms with Crippen molar-refractivity contribution < 1.29 is 15.1 Å². The van der Waals surface area contributed by atoms with E-state index in [-0.39, 0.29) is 18.8 Å². The van der Waals surface area contributed by atoms with Crippen molar-refractivity contribution in [3.63, 3.8) is 0 Å². The Labute approximate surface area is 91.3 Å². The molecule has 0 fully saturated rings. The Morgan fingerprint density at radius 2 is 2.13 bits per heavy atom. The van der Waals surface area contributed by atoms with Gasteiger partial charge in [0.15, 0.2) is 0 Å². The Hall–Kier alpha value is -1.53. The molecule has 0 radical (unpaired) electrons. The molecule has 84 valence electrons. The van der Waals surface area contributed by atoms with E-state index in [9.17, 15) is 9.59 Å². The Bertz CT molecular complexity index is 404. The van der Waals surface area contributed by atoms with Gasteiger partial charge in [0.1, 0.15) is 6.04 Å². The average Bonchev–Trinajstić information content (AvgIpc) is 2.11. The van der Waals surface area contributed by atoms with Crippen LogP contribution in [0.4, 0.5) is 0 Å². The highest BCUT2D eigenvalue weighted by atomic mass is 35.5. The summed E-state index contributed by atoms with van der Waals surface area (Å²) >= 11 is 0. The molecule has 4 N–H and O–H groups in total. The molecule has 0 aliphatic carbocycles. The molecule has 0 saturated heterocycles. The van der Waals surface area contributed by atoms with Crippen molar-refractivity contribution in [2.75, 3.05) is 0 Å². The van der Waals surface area contributed by atoms with Gasteiger partial charge in [-0.05, 0) is 12.0 Å². The Kier molecular flexibility index (Phi) is 4.83. The quantitative estimate of drug-likeness (QED) is 0.609. The van der Waals surface area contributed by atoms with Crippen molar-refractivity contribution in [2.45, 2.75) is 12.5 Å². The van der Waals surface area contributed by atoms with Crippen LogP contribution in [0.2, 0.25) is 0 Å². The van der Waals surface area contributed by atoms with Gasteiger partial charge in [0.25, 0.3) is 5.56 Å². The summed E-state index contributed by atoms with van der Waals surface area (Å²) in [5.74, 6) is -1.12. The molecule has 1 rings (SSSR count). The van der Waals surface area contributed by atoms with Crippen LogP contribution in [0.1, 0.15) is 5.56 Å². The first-order chi connectivity index (χ1) is 6.50. The number of aliphatic carboxylic acids is 1. The number of carboxylic acids is 1. The van der Waals surface area contributed by atoms with Crippen LogP contribution in [0.15, 0.2) is 23.1 Å². The number of rotatable bonds is 3. The number of aromatic nitrogens is 1. The van der Waals surface area contributed by atoms with E-state index >= 15 is 0 Å². The summed E-state index contributed by atoms with van der Waals surface area (Å²) in [4.78, 5) is 21.2. The minimum atomic E-state index is -1.12. The highest BCUT2D eigenvalue weighted by Crippen LogP contribution is 1.99. The molecule has 1 atom stereocenters. The minimum absolute atomic E-state index is 0. The van der Waals surface area contributed by atoms with Gasteiger partial charge in [-0.3, -0.25) is 9.59 Å². The molecule has 7 heteroatoms. The Morgan fingerprint density at radius 1 is 1.53 bits per heavy atom. The molecule has 0 aliphatic heterocycles. The van der Waals surface area contributed by atoms with Gasteiger partial charge in [-0.25, -0.2) is 0 Å². The summed E-state index contributed by atoms with van der Waals surface area (Å²) in [6.07, 6.45) is 1.21. The number of carboxylic acid groups (broad SMARTS) is 1. The minimum Gasteiger partial charge on any atom is -0.480 e. The van der Waals surface area contributed by atoms with Gasteiger partial charge in [-0.15, -0.1) is 12.4 Å². The fraction of sp³-hybridized carbons (Fsp3) is 0.250. The zero-order valence-electron chi connectivity index (χ0n) is 7.66. The largest absolute Gasteiger partial charge is 0.480 e. The summed E-state index contributed by atoms with van der Waals surface area (Å²) in [5, 5.41) is 17.5. The first-order valence-electron chi connectivity index (χ1n) is 3.90. The topological polar surface area (TPSA) is 106 Å². The monoisotopic (exact) mass is 234 g/mol. The number of hydrogen-bond donors (Lipinski definition) is 3. The third-order valence-electron chi connectivity index (χ3n) is 1.73. The standard InChI is InChI=1S/C8H10N2O4.ClH/c9-6(8(12)13)3-5-1-2-7(11)10(14)4-5;/h1-2,4,6,14H,3,9H2,(H,12,13);1H/t6-;/m1./s1. The van der Waals surface area contributed by atoms with Crippen LogP contribution in [0.3, 0.4) is 0 Å². The van der Waals surface area contributed by atoms with Crippen LogP contribution in [0.5, 0.6) is 0 Å². The summed E-state index contributed by atoms with van der Waals surface area (Å²) in [5.41, 5.74) is 5.18. The average molecular weight is 235 g/mol. The van der Waals surface area contributed by atoms with Crippen molar-refractivity contribution in [3.05, 3.63) is 34.2 Å². The van der Waals surface area contributed by atoms with Gasteiger partial charge in [-0.2, -0.15) is 4.73 Å². The van der Waals surface area contributed by atoms with Gasteiger partial charge in [0, 0.05) is 6.07 Å². The lowest BCUT2D eigenvalue weighted by atomic mass is 10.1. The van der Waals surface area contributed by atoms with E-state index in [0.717, 1.165) is 12.3 Å². The highest BCUT2D eigenvalue weighted by molar-refractivity contribution is 5.85. The van der Waals surface area contributed by atoms with E-state index in [1.54, 1.807) is 0 Å². The van der Waals surface area contributed by atoms with E-state index in [2.05, 4.69) is 0 Å². The Balaban J connectivity index is 0.00000196. The smallest absolute Gasteiger partial charge is 0.320 e. The molecule has 1 aromatic rings. The van der Waals surface area contributed by atoms with Crippen LogP contribution >= 0.6 is 12.4 Å². The molecule has 0 bridgehead atoms. The Morgan fingerprint density at radius 3 is 2.60 bits per heavy atom. The molecule has 0 spiro atoms. The number of halogens is 1. The molecule has 1 aromatic heterocycles. The first kappa shape index (κ1) is 13.5. The fourth-order valence-corrected chi connectivity index (χ4v) is 0.980. The van der Waals surface area contributed by atoms with Gasteiger partial charge >= 0.3 is 5.97 Å². The summed E-state index contributed by atoms with van der Waals surface area (Å²) in [7, 11) is 0. The molecular weight excluding hydrogens is 224 g/mol. The fourth-order valence-electron chi connectivity index (χ4n) is 0.980. The predicted octanol–water partition coefficient (Wildman–Crippen LogP) is -0.538. The molecule has 1 heterocycles. The molecule has 0 amide bonds. The van der Waals surface area contributed by atoms with E-state index in [1.807, 2.05) is 0 Å². The molecule has 6 nitrogen and oxygen atoms in total. The second-order valence-electron chi connectivity index (χ2n) is 2.87. The number of hydrogen-bond acceptors (Lipinski definition) is 4. The van der Waals surface area contributed by atoms with Gasteiger partial charge in [-0.1, -0.05) is 6.07 Å². The van der Waals surface area contributed by atoms with Crippen molar-refractivity contribution in [2.24, 2.45) is 5.73 Å². The SMILES string of the molecule is Cl.N[C@H](Cc1ccc(=O)n(O)c1)C(=O)O. The van der Waals surface area contributed by atoms with E-state index < -0.39 is 17.6 Å². The van der Waals surface area contributed by atoms with E-state index in [1.165, 1.54) is 6.07 Å². The van der Waals surface area contributed by atoms with Crippen LogP contribution < -0.4 is 11.3 Å². The molecule has 0 aliphatic rings. The number of nitrogens with two attached hydrogens (primary N) is 1. The van der Waals surface area contributed by atoms with Crippen LogP contribution in [-0.2, 0) is 11.2 Å². The molecule has 15 heavy (non-hydrogen) atoms. The lowest BCUT2D eigenvalue weighted by molar-refractivity contribution is -0.138. The third-order valence-corrected chi connectivity index (χ3v) is 1.73. The maximum absolute atomic E-state index is 10.8. The number of pyridine rings is 1. The third kappa shape index (κ3) is 3.61. The van der Waals surface area contributed by atoms with Crippen molar-refractivity contribution >= 4 is 18.4 Å². The van der Waals surface area contributed by atoms with E-state index in [4.69, 9.17) is 16.0 Å². The second-order valence-corrected chi connectivity index (χ2v) is 2.87. The maximum Gasteiger partial charge on any atom is 0.320 e. The normalized spacial score (nSPS) is 11.5. The summed E-state index contributed by atoms with van der Waals surface area (Å²) < 4.78 is 0.393. The number of carbonyl (C=O) groups is 1. The van der Waals surface area contributed by atoms with Gasteiger partial charge in [0.05, 0.1) is 6.20 Å². The lowest BCUT2D eigenvalue weighted by Gasteiger charge is -2.06. The summed E-state index contributed by atoms with van der Waals surface area (Å²) in [6, 6.07) is 1.54. The van der Waals surface area contributed by atoms with Crippen LogP contribution in [0.25, 0.3) is 0 Å². The molecule has 0 unspecified atom stereocenters. The zero-order valence-corrected chi connectivity index (χ0v) is 8.48. The van der Waals surface area contributed by atoms with Gasteiger partial charge in [0.2, 0.25) is 0 Å². The summed E-state index contributed by atoms with van der Waals surface area (Å²) in [6.45, 7) is 0. The van der Waals surface area contributed by atoms with Crippen LogP contribution in [0, 0.1) is 0 Å². The second kappa shape index (κ2) is 5.38. The van der Waals surface area contributed by atoms with Crippen molar-refractivity contribution in [1.29, 1.82) is 0 Å². The predicted molar refractivity (Wildman–Crippen MR) is 54.4 cm³/mol. The molecule has 0 saturated carbocycles. The van der Waals surface area contributed by atoms with Gasteiger partial charge < -0.3 is 16.0 Å². The highest BCUT2D eigenvalue weighted by Gasteiger charge is 2.12. The van der Waals surface area contributed by atoms with Crippen molar-refractivity contribution in [3.8, 4) is 0 Å². The van der Waals surface area contributed by atoms with Crippen LogP contribution in [-0.4, -0.2) is 27.1 Å². The molecule has 0 aromatic carbocycles. The zero-order chi connectivity index (χ0) is 10.7. The first-order valence-corrected chi connectivity index (χ1v) is 3.90. The maximum atomic E-state index is 10.8. The molecular formula is C8H11ClN2O4. The van der Waals surface area contributed by atoms with Crippen molar-refractivity contribution in [1.82, 2.24) is 4.73 Å².